The summed E-state index contributed by atoms with van der Waals surface area (Å²) in [7, 11) is 1.46. The largest absolute Gasteiger partial charge is 0.492 e. The van der Waals surface area contributed by atoms with Crippen LogP contribution in [0.2, 0.25) is 0 Å². The van der Waals surface area contributed by atoms with Gasteiger partial charge < -0.3 is 9.47 Å². The molecule has 110 valence electrons. The molecule has 1 atom stereocenters. The van der Waals surface area contributed by atoms with Crippen molar-refractivity contribution in [3.05, 3.63) is 28.7 Å². The number of ether oxygens (including phenoxy) is 2. The predicted molar refractivity (Wildman–Crippen MR) is 80.8 cm³/mol. The Balaban J connectivity index is 1.73. The summed E-state index contributed by atoms with van der Waals surface area (Å²) in [5.74, 6) is 0.791. The smallest absolute Gasteiger partial charge is 0.309 e. The highest BCUT2D eigenvalue weighted by Gasteiger charge is 2.26. The molecule has 0 spiro atoms. The summed E-state index contributed by atoms with van der Waals surface area (Å²) in [6.07, 6.45) is 1.97. The third kappa shape index (κ3) is 4.49. The van der Waals surface area contributed by atoms with Crippen LogP contribution in [0.1, 0.15) is 12.8 Å². The molecule has 1 aromatic carbocycles. The van der Waals surface area contributed by atoms with Crippen LogP contribution in [0.25, 0.3) is 0 Å². The molecule has 1 aliphatic rings. The van der Waals surface area contributed by atoms with Crippen LogP contribution in [0.5, 0.6) is 5.75 Å². The predicted octanol–water partition coefficient (Wildman–Crippen LogP) is 2.71. The monoisotopic (exact) mass is 341 g/mol. The van der Waals surface area contributed by atoms with E-state index in [0.29, 0.717) is 6.61 Å². The minimum Gasteiger partial charge on any atom is -0.492 e. The highest BCUT2D eigenvalue weighted by atomic mass is 79.9. The van der Waals surface area contributed by atoms with Crippen molar-refractivity contribution in [2.24, 2.45) is 5.92 Å². The average molecular weight is 342 g/mol. The number of carbonyl (C=O) groups excluding carboxylic acids is 1. The Morgan fingerprint density at radius 3 is 2.85 bits per heavy atom. The van der Waals surface area contributed by atoms with Crippen molar-refractivity contribution < 1.29 is 14.3 Å². The summed E-state index contributed by atoms with van der Waals surface area (Å²) in [6, 6.07) is 7.81. The van der Waals surface area contributed by atoms with Crippen LogP contribution >= 0.6 is 15.9 Å². The first-order valence-electron chi connectivity index (χ1n) is 6.87. The number of esters is 1. The van der Waals surface area contributed by atoms with E-state index in [0.717, 1.165) is 42.7 Å². The van der Waals surface area contributed by atoms with Gasteiger partial charge in [-0.3, -0.25) is 9.69 Å². The normalized spacial score (nSPS) is 19.6. The van der Waals surface area contributed by atoms with E-state index in [2.05, 4.69) is 20.8 Å². The summed E-state index contributed by atoms with van der Waals surface area (Å²) in [4.78, 5) is 13.8. The van der Waals surface area contributed by atoms with E-state index in [1.165, 1.54) is 7.11 Å². The van der Waals surface area contributed by atoms with Gasteiger partial charge in [-0.05, 0) is 43.7 Å². The van der Waals surface area contributed by atoms with Crippen LogP contribution < -0.4 is 4.74 Å². The Hall–Kier alpha value is -1.07. The molecule has 0 aliphatic carbocycles. The van der Waals surface area contributed by atoms with Crippen molar-refractivity contribution in [3.63, 3.8) is 0 Å². The van der Waals surface area contributed by atoms with Crippen molar-refractivity contribution in [2.75, 3.05) is 33.4 Å². The number of piperidine rings is 1. The fourth-order valence-corrected chi connectivity index (χ4v) is 2.71. The first-order chi connectivity index (χ1) is 9.69. The summed E-state index contributed by atoms with van der Waals surface area (Å²) in [5.41, 5.74) is 0. The molecule has 1 unspecified atom stereocenters. The van der Waals surface area contributed by atoms with E-state index in [4.69, 9.17) is 9.47 Å². The van der Waals surface area contributed by atoms with Gasteiger partial charge in [-0.25, -0.2) is 0 Å². The molecule has 1 aliphatic heterocycles. The van der Waals surface area contributed by atoms with Crippen molar-refractivity contribution in [1.82, 2.24) is 4.90 Å². The highest BCUT2D eigenvalue weighted by Crippen LogP contribution is 2.18. The number of methoxy groups -OCH3 is 1. The average Bonchev–Trinajstić information content (AvgIpc) is 2.49. The van der Waals surface area contributed by atoms with Gasteiger partial charge in [-0.1, -0.05) is 15.9 Å². The molecular formula is C15H20BrNO3. The van der Waals surface area contributed by atoms with Crippen molar-refractivity contribution >= 4 is 21.9 Å². The topological polar surface area (TPSA) is 38.8 Å². The Labute approximate surface area is 128 Å². The molecule has 20 heavy (non-hydrogen) atoms. The number of nitrogens with zero attached hydrogens (tertiary/aromatic N) is 1. The Bertz CT molecular complexity index is 435. The lowest BCUT2D eigenvalue weighted by Crippen LogP contribution is -2.41. The minimum absolute atomic E-state index is 0.0152. The van der Waals surface area contributed by atoms with Gasteiger partial charge in [0.25, 0.3) is 0 Å². The zero-order chi connectivity index (χ0) is 14.4. The molecular weight excluding hydrogens is 322 g/mol. The Morgan fingerprint density at radius 1 is 1.40 bits per heavy atom. The lowest BCUT2D eigenvalue weighted by atomic mass is 9.98. The second-order valence-electron chi connectivity index (χ2n) is 4.97. The van der Waals surface area contributed by atoms with Gasteiger partial charge in [0.2, 0.25) is 0 Å². The van der Waals surface area contributed by atoms with Crippen LogP contribution in [0, 0.1) is 5.92 Å². The summed E-state index contributed by atoms with van der Waals surface area (Å²) < 4.78 is 11.6. The SMILES string of the molecule is COC(=O)C1CCCN(CCOc2ccc(Br)cc2)C1. The van der Waals surface area contributed by atoms with Crippen LogP contribution in [-0.2, 0) is 9.53 Å². The van der Waals surface area contributed by atoms with Crippen LogP contribution in [0.3, 0.4) is 0 Å². The maximum Gasteiger partial charge on any atom is 0.309 e. The fourth-order valence-electron chi connectivity index (χ4n) is 2.44. The van der Waals surface area contributed by atoms with Gasteiger partial charge in [0.1, 0.15) is 12.4 Å². The molecule has 0 N–H and O–H groups in total. The number of benzene rings is 1. The van der Waals surface area contributed by atoms with Gasteiger partial charge >= 0.3 is 5.97 Å². The lowest BCUT2D eigenvalue weighted by molar-refractivity contribution is -0.147. The lowest BCUT2D eigenvalue weighted by Gasteiger charge is -2.31. The van der Waals surface area contributed by atoms with Gasteiger partial charge in [-0.2, -0.15) is 0 Å². The first-order valence-corrected chi connectivity index (χ1v) is 7.67. The summed E-state index contributed by atoms with van der Waals surface area (Å²) in [6.45, 7) is 3.27. The van der Waals surface area contributed by atoms with E-state index in [1.54, 1.807) is 0 Å². The third-order valence-electron chi connectivity index (χ3n) is 3.53. The molecule has 0 amide bonds. The van der Waals surface area contributed by atoms with Gasteiger partial charge in [0.05, 0.1) is 13.0 Å². The molecule has 1 aromatic rings. The number of rotatable bonds is 5. The van der Waals surface area contributed by atoms with Crippen molar-refractivity contribution in [2.45, 2.75) is 12.8 Å². The van der Waals surface area contributed by atoms with Gasteiger partial charge in [0.15, 0.2) is 0 Å². The van der Waals surface area contributed by atoms with Crippen LogP contribution in [0.15, 0.2) is 28.7 Å². The highest BCUT2D eigenvalue weighted by molar-refractivity contribution is 9.10. The Kier molecular flexibility index (Phi) is 5.86. The van der Waals surface area contributed by atoms with E-state index in [-0.39, 0.29) is 11.9 Å². The maximum atomic E-state index is 11.6. The van der Waals surface area contributed by atoms with Crippen molar-refractivity contribution in [3.8, 4) is 5.75 Å². The van der Waals surface area contributed by atoms with Crippen molar-refractivity contribution in [1.29, 1.82) is 0 Å². The van der Waals surface area contributed by atoms with E-state index < -0.39 is 0 Å². The van der Waals surface area contributed by atoms with Crippen LogP contribution in [-0.4, -0.2) is 44.2 Å². The first kappa shape index (κ1) is 15.3. The summed E-state index contributed by atoms with van der Waals surface area (Å²) >= 11 is 3.40. The van der Waals surface area contributed by atoms with E-state index >= 15 is 0 Å². The molecule has 0 bridgehead atoms. The number of carbonyl (C=O) groups is 1. The minimum atomic E-state index is -0.0940. The van der Waals surface area contributed by atoms with Crippen LogP contribution in [0.4, 0.5) is 0 Å². The molecule has 2 rings (SSSR count). The van der Waals surface area contributed by atoms with E-state index in [1.807, 2.05) is 24.3 Å². The zero-order valence-electron chi connectivity index (χ0n) is 11.7. The molecule has 1 fully saturated rings. The summed E-state index contributed by atoms with van der Waals surface area (Å²) in [5, 5.41) is 0. The number of halogens is 1. The second kappa shape index (κ2) is 7.64. The Morgan fingerprint density at radius 2 is 2.15 bits per heavy atom. The zero-order valence-corrected chi connectivity index (χ0v) is 13.3. The number of hydrogen-bond donors (Lipinski definition) is 0. The molecule has 0 radical (unpaired) electrons. The second-order valence-corrected chi connectivity index (χ2v) is 5.88. The number of hydrogen-bond acceptors (Lipinski definition) is 4. The fraction of sp³-hybridized carbons (Fsp3) is 0.533. The molecule has 1 saturated heterocycles. The molecule has 1 heterocycles. The molecule has 5 heteroatoms. The molecule has 0 aromatic heterocycles. The van der Waals surface area contributed by atoms with Gasteiger partial charge in [0, 0.05) is 17.6 Å². The standard InChI is InChI=1S/C15H20BrNO3/c1-19-15(18)12-3-2-8-17(11-12)9-10-20-14-6-4-13(16)5-7-14/h4-7,12H,2-3,8-11H2,1H3. The van der Waals surface area contributed by atoms with Gasteiger partial charge in [-0.15, -0.1) is 0 Å². The molecule has 4 nitrogen and oxygen atoms in total. The third-order valence-corrected chi connectivity index (χ3v) is 4.06. The quantitative estimate of drug-likeness (QED) is 0.772. The maximum absolute atomic E-state index is 11.6. The number of likely N-dealkylation sites (tertiary alicyclic amines) is 1. The molecule has 0 saturated carbocycles. The van der Waals surface area contributed by atoms with E-state index in [9.17, 15) is 4.79 Å².